The summed E-state index contributed by atoms with van der Waals surface area (Å²) in [5.74, 6) is -0.648. The summed E-state index contributed by atoms with van der Waals surface area (Å²) in [5.41, 5.74) is 1.46. The van der Waals surface area contributed by atoms with Crippen molar-refractivity contribution in [2.24, 2.45) is 0 Å². The smallest absolute Gasteiger partial charge is 0.186 e. The van der Waals surface area contributed by atoms with Crippen LogP contribution in [0.5, 0.6) is 0 Å². The minimum atomic E-state index is -3.61. The molecule has 27 heavy (non-hydrogen) atoms. The zero-order valence-electron chi connectivity index (χ0n) is 14.2. The van der Waals surface area contributed by atoms with Gasteiger partial charge in [0, 0.05) is 11.0 Å². The molecule has 2 aromatic carbocycles. The monoisotopic (exact) mass is 396 g/mol. The number of nitrogens with zero attached hydrogens (tertiary/aromatic N) is 2. The molecule has 1 aromatic heterocycles. The van der Waals surface area contributed by atoms with Gasteiger partial charge in [-0.05, 0) is 17.7 Å². The van der Waals surface area contributed by atoms with Crippen LogP contribution in [-0.4, -0.2) is 24.4 Å². The van der Waals surface area contributed by atoms with Gasteiger partial charge >= 0.3 is 0 Å². The number of hydrogen-bond donors (Lipinski definition) is 0. The van der Waals surface area contributed by atoms with Gasteiger partial charge in [-0.25, -0.2) is 8.42 Å². The fourth-order valence-corrected chi connectivity index (χ4v) is 4.31. The van der Waals surface area contributed by atoms with Crippen molar-refractivity contribution in [1.82, 2.24) is 10.2 Å². The molecule has 0 bridgehead atoms. The zero-order valence-corrected chi connectivity index (χ0v) is 15.9. The van der Waals surface area contributed by atoms with E-state index in [1.54, 1.807) is 36.4 Å². The molecule has 0 aliphatic heterocycles. The van der Waals surface area contributed by atoms with Crippen LogP contribution in [0.25, 0.3) is 12.2 Å². The molecule has 0 saturated carbocycles. The Morgan fingerprint density at radius 2 is 1.59 bits per heavy atom. The number of ketones is 1. The highest BCUT2D eigenvalue weighted by molar-refractivity contribution is 7.93. The lowest BCUT2D eigenvalue weighted by molar-refractivity contribution is 0.104. The number of benzene rings is 2. The SMILES string of the molecule is O=C(C=CS(=O)(=O)Cc1nnc(C=Cc2ccccc2)s1)c1ccccc1. The molecule has 0 N–H and O–H groups in total. The molecular weight excluding hydrogens is 380 g/mol. The maximum absolute atomic E-state index is 12.2. The summed E-state index contributed by atoms with van der Waals surface area (Å²) in [6.45, 7) is 0. The highest BCUT2D eigenvalue weighted by Gasteiger charge is 2.13. The van der Waals surface area contributed by atoms with E-state index in [9.17, 15) is 13.2 Å². The van der Waals surface area contributed by atoms with Crippen LogP contribution in [0.1, 0.15) is 25.9 Å². The van der Waals surface area contributed by atoms with Gasteiger partial charge in [-0.1, -0.05) is 78.1 Å². The van der Waals surface area contributed by atoms with Crippen molar-refractivity contribution >= 4 is 39.1 Å². The Balaban J connectivity index is 1.64. The summed E-state index contributed by atoms with van der Waals surface area (Å²) in [5, 5.41) is 9.83. The predicted octanol–water partition coefficient (Wildman–Crippen LogP) is 4.02. The van der Waals surface area contributed by atoms with E-state index >= 15 is 0 Å². The number of sulfone groups is 1. The first-order chi connectivity index (χ1) is 13.0. The van der Waals surface area contributed by atoms with Crippen LogP contribution in [0.2, 0.25) is 0 Å². The third-order valence-electron chi connectivity index (χ3n) is 3.51. The second kappa shape index (κ2) is 8.66. The molecule has 3 aromatic rings. The third-order valence-corrected chi connectivity index (χ3v) is 5.81. The Morgan fingerprint density at radius 1 is 0.926 bits per heavy atom. The van der Waals surface area contributed by atoms with Crippen molar-refractivity contribution in [2.75, 3.05) is 0 Å². The summed E-state index contributed by atoms with van der Waals surface area (Å²) in [4.78, 5) is 12.0. The lowest BCUT2D eigenvalue weighted by atomic mass is 10.1. The molecule has 0 saturated heterocycles. The zero-order chi connectivity index (χ0) is 19.1. The maximum Gasteiger partial charge on any atom is 0.186 e. The third kappa shape index (κ3) is 5.80. The topological polar surface area (TPSA) is 77.0 Å². The molecule has 0 amide bonds. The first kappa shape index (κ1) is 18.9. The van der Waals surface area contributed by atoms with E-state index in [2.05, 4.69) is 10.2 Å². The van der Waals surface area contributed by atoms with Crippen LogP contribution in [-0.2, 0) is 15.6 Å². The fourth-order valence-electron chi connectivity index (χ4n) is 2.21. The number of hydrogen-bond acceptors (Lipinski definition) is 6. The van der Waals surface area contributed by atoms with Gasteiger partial charge in [-0.2, -0.15) is 0 Å². The lowest BCUT2D eigenvalue weighted by Gasteiger charge is -1.95. The van der Waals surface area contributed by atoms with Crippen molar-refractivity contribution in [1.29, 1.82) is 0 Å². The molecule has 3 rings (SSSR count). The fraction of sp³-hybridized carbons (Fsp3) is 0.0500. The van der Waals surface area contributed by atoms with Crippen molar-refractivity contribution in [2.45, 2.75) is 5.75 Å². The minimum absolute atomic E-state index is 0.289. The number of carbonyl (C=O) groups excluding carboxylic acids is 1. The van der Waals surface area contributed by atoms with Crippen LogP contribution in [0.4, 0.5) is 0 Å². The molecule has 7 heteroatoms. The Bertz CT molecular complexity index is 1070. The van der Waals surface area contributed by atoms with E-state index in [-0.39, 0.29) is 11.5 Å². The number of allylic oxidation sites excluding steroid dienone is 1. The second-order valence-electron chi connectivity index (χ2n) is 5.62. The van der Waals surface area contributed by atoms with E-state index < -0.39 is 9.84 Å². The van der Waals surface area contributed by atoms with E-state index in [0.717, 1.165) is 17.0 Å². The summed E-state index contributed by atoms with van der Waals surface area (Å²) < 4.78 is 24.4. The highest BCUT2D eigenvalue weighted by Crippen LogP contribution is 2.17. The standard InChI is InChI=1S/C20H16N2O3S2/c23-18(17-9-5-2-6-10-17)13-14-27(24,25)15-20-22-21-19(26-20)12-11-16-7-3-1-4-8-16/h1-14H,15H2. The van der Waals surface area contributed by atoms with E-state index in [4.69, 9.17) is 0 Å². The molecule has 0 fully saturated rings. The summed E-state index contributed by atoms with van der Waals surface area (Å²) >= 11 is 1.20. The summed E-state index contributed by atoms with van der Waals surface area (Å²) in [6.07, 6.45) is 4.75. The van der Waals surface area contributed by atoms with Gasteiger partial charge in [0.05, 0.1) is 0 Å². The number of rotatable bonds is 7. The van der Waals surface area contributed by atoms with E-state index in [1.165, 1.54) is 11.3 Å². The molecule has 0 aliphatic carbocycles. The Kier molecular flexibility index (Phi) is 6.05. The van der Waals surface area contributed by atoms with Crippen LogP contribution in [0.3, 0.4) is 0 Å². The van der Waals surface area contributed by atoms with Gasteiger partial charge in [0.25, 0.3) is 0 Å². The van der Waals surface area contributed by atoms with Crippen LogP contribution < -0.4 is 0 Å². The molecule has 1 heterocycles. The molecule has 0 unspecified atom stereocenters. The molecule has 0 spiro atoms. The van der Waals surface area contributed by atoms with Crippen LogP contribution in [0.15, 0.2) is 72.1 Å². The molecule has 0 radical (unpaired) electrons. The van der Waals surface area contributed by atoms with Gasteiger partial charge in [0.2, 0.25) is 0 Å². The molecular formula is C20H16N2O3S2. The summed E-state index contributed by atoms with van der Waals surface area (Å²) in [6, 6.07) is 18.2. The largest absolute Gasteiger partial charge is 0.289 e. The Labute approximate surface area is 161 Å². The number of carbonyl (C=O) groups is 1. The van der Waals surface area contributed by atoms with Crippen molar-refractivity contribution in [3.05, 3.63) is 93.3 Å². The Morgan fingerprint density at radius 3 is 2.30 bits per heavy atom. The van der Waals surface area contributed by atoms with E-state index in [0.29, 0.717) is 15.6 Å². The molecule has 0 aliphatic rings. The Hall–Kier alpha value is -2.90. The van der Waals surface area contributed by atoms with Crippen molar-refractivity contribution in [3.8, 4) is 0 Å². The lowest BCUT2D eigenvalue weighted by Crippen LogP contribution is -2.02. The first-order valence-electron chi connectivity index (χ1n) is 8.07. The van der Waals surface area contributed by atoms with Gasteiger partial charge in [0.1, 0.15) is 15.8 Å². The minimum Gasteiger partial charge on any atom is -0.289 e. The van der Waals surface area contributed by atoms with Crippen LogP contribution >= 0.6 is 11.3 Å². The maximum atomic E-state index is 12.2. The van der Waals surface area contributed by atoms with Gasteiger partial charge < -0.3 is 0 Å². The van der Waals surface area contributed by atoms with Gasteiger partial charge in [-0.15, -0.1) is 10.2 Å². The first-order valence-corrected chi connectivity index (χ1v) is 10.6. The van der Waals surface area contributed by atoms with Crippen molar-refractivity contribution in [3.63, 3.8) is 0 Å². The second-order valence-corrected chi connectivity index (χ2v) is 8.60. The van der Waals surface area contributed by atoms with Crippen LogP contribution in [0, 0.1) is 0 Å². The predicted molar refractivity (Wildman–Crippen MR) is 108 cm³/mol. The number of aromatic nitrogens is 2. The van der Waals surface area contributed by atoms with E-state index in [1.807, 2.05) is 36.4 Å². The molecule has 136 valence electrons. The molecule has 5 nitrogen and oxygen atoms in total. The van der Waals surface area contributed by atoms with Gasteiger partial charge in [-0.3, -0.25) is 4.79 Å². The summed E-state index contributed by atoms with van der Waals surface area (Å²) in [7, 11) is -3.61. The highest BCUT2D eigenvalue weighted by atomic mass is 32.2. The molecule has 0 atom stereocenters. The average molecular weight is 396 g/mol. The average Bonchev–Trinajstić information content (AvgIpc) is 3.12. The quantitative estimate of drug-likeness (QED) is 0.445. The van der Waals surface area contributed by atoms with Crippen molar-refractivity contribution < 1.29 is 13.2 Å². The normalized spacial score (nSPS) is 12.0. The van der Waals surface area contributed by atoms with Gasteiger partial charge in [0.15, 0.2) is 15.6 Å².